The smallest absolute Gasteiger partial charge is 0.418 e. The molecule has 1 aliphatic rings. The third kappa shape index (κ3) is 3.29. The van der Waals surface area contributed by atoms with Gasteiger partial charge in [-0.05, 0) is 40.7 Å². The standard InChI is InChI=1S/C18H21F4NO3/c1-16(2,3)26-15(25)23-14(24)17(4,22)9-12(20)18(23,5)10-7-6-8-11(19)13(10)21/h6-8,12H,9H2,1-5H3/t12-,17-,18+/m0/s1. The SMILES string of the molecule is CC(C)(C)OC(=O)N1C(=O)[C@@](C)(F)C[C@H](F)[C@@]1(C)c1cccc(F)c1F. The number of carbonyl (C=O) groups excluding carboxylic acids is 2. The lowest BCUT2D eigenvalue weighted by atomic mass is 9.76. The summed E-state index contributed by atoms with van der Waals surface area (Å²) >= 11 is 0. The Kier molecular flexibility index (Phi) is 4.85. The van der Waals surface area contributed by atoms with Crippen LogP contribution in [0, 0.1) is 11.6 Å². The van der Waals surface area contributed by atoms with Crippen LogP contribution in [-0.4, -0.2) is 34.3 Å². The minimum atomic E-state index is -2.69. The van der Waals surface area contributed by atoms with E-state index in [0.29, 0.717) is 0 Å². The molecular weight excluding hydrogens is 354 g/mol. The van der Waals surface area contributed by atoms with Gasteiger partial charge in [0.25, 0.3) is 5.91 Å². The second kappa shape index (κ2) is 6.25. The van der Waals surface area contributed by atoms with E-state index in [2.05, 4.69) is 0 Å². The predicted molar refractivity (Wildman–Crippen MR) is 85.8 cm³/mol. The monoisotopic (exact) mass is 375 g/mol. The van der Waals surface area contributed by atoms with Gasteiger partial charge < -0.3 is 4.74 Å². The second-order valence-electron chi connectivity index (χ2n) is 7.74. The summed E-state index contributed by atoms with van der Waals surface area (Å²) in [5.74, 6) is -4.06. The number of halogens is 4. The van der Waals surface area contributed by atoms with E-state index in [4.69, 9.17) is 4.74 Å². The molecule has 0 spiro atoms. The van der Waals surface area contributed by atoms with E-state index in [1.54, 1.807) is 0 Å². The number of nitrogens with zero attached hydrogens (tertiary/aromatic N) is 1. The molecule has 1 aromatic carbocycles. The number of carbonyl (C=O) groups is 2. The summed E-state index contributed by atoms with van der Waals surface area (Å²) in [6, 6.07) is 2.99. The zero-order chi connectivity index (χ0) is 20.1. The molecule has 0 unspecified atom stereocenters. The molecule has 3 atom stereocenters. The van der Waals surface area contributed by atoms with Crippen molar-refractivity contribution in [2.75, 3.05) is 0 Å². The molecule has 1 heterocycles. The maximum Gasteiger partial charge on any atom is 0.418 e. The molecule has 0 saturated carbocycles. The fraction of sp³-hybridized carbons (Fsp3) is 0.556. The number of ether oxygens (including phenoxy) is 1. The lowest BCUT2D eigenvalue weighted by Crippen LogP contribution is -2.66. The molecule has 0 aromatic heterocycles. The van der Waals surface area contributed by atoms with Crippen molar-refractivity contribution in [3.63, 3.8) is 0 Å². The van der Waals surface area contributed by atoms with Gasteiger partial charge in [0, 0.05) is 12.0 Å². The molecule has 0 N–H and O–H groups in total. The zero-order valence-electron chi connectivity index (χ0n) is 15.2. The highest BCUT2D eigenvalue weighted by Crippen LogP contribution is 2.46. The van der Waals surface area contributed by atoms with Gasteiger partial charge in [-0.1, -0.05) is 12.1 Å². The summed E-state index contributed by atoms with van der Waals surface area (Å²) in [5, 5.41) is 0. The van der Waals surface area contributed by atoms with Crippen molar-refractivity contribution in [2.45, 2.75) is 64.0 Å². The molecular formula is C18H21F4NO3. The van der Waals surface area contributed by atoms with Gasteiger partial charge in [0.2, 0.25) is 0 Å². The molecule has 0 radical (unpaired) electrons. The predicted octanol–water partition coefficient (Wildman–Crippen LogP) is 4.41. The highest BCUT2D eigenvalue weighted by Gasteiger charge is 2.61. The van der Waals surface area contributed by atoms with Crippen LogP contribution in [0.15, 0.2) is 18.2 Å². The van der Waals surface area contributed by atoms with Crippen molar-refractivity contribution < 1.29 is 31.9 Å². The molecule has 0 bridgehead atoms. The summed E-state index contributed by atoms with van der Waals surface area (Å²) in [4.78, 5) is 25.4. The lowest BCUT2D eigenvalue weighted by molar-refractivity contribution is -0.163. The first-order chi connectivity index (χ1) is 11.7. The Morgan fingerprint density at radius 3 is 2.38 bits per heavy atom. The molecule has 2 rings (SSSR count). The molecule has 0 aliphatic carbocycles. The third-order valence-electron chi connectivity index (χ3n) is 4.36. The molecule has 144 valence electrons. The van der Waals surface area contributed by atoms with Gasteiger partial charge in [0.15, 0.2) is 17.3 Å². The van der Waals surface area contributed by atoms with Crippen molar-refractivity contribution in [3.05, 3.63) is 35.4 Å². The van der Waals surface area contributed by atoms with E-state index in [-0.39, 0.29) is 4.90 Å². The second-order valence-corrected chi connectivity index (χ2v) is 7.74. The van der Waals surface area contributed by atoms with E-state index < -0.39 is 58.6 Å². The van der Waals surface area contributed by atoms with E-state index >= 15 is 4.39 Å². The average molecular weight is 375 g/mol. The van der Waals surface area contributed by atoms with E-state index in [1.807, 2.05) is 0 Å². The average Bonchev–Trinajstić information content (AvgIpc) is 2.46. The molecule has 26 heavy (non-hydrogen) atoms. The molecule has 4 nitrogen and oxygen atoms in total. The van der Waals surface area contributed by atoms with E-state index in [0.717, 1.165) is 32.0 Å². The first-order valence-electron chi connectivity index (χ1n) is 8.07. The van der Waals surface area contributed by atoms with Gasteiger partial charge in [-0.15, -0.1) is 0 Å². The highest BCUT2D eigenvalue weighted by molar-refractivity contribution is 5.99. The minimum Gasteiger partial charge on any atom is -0.443 e. The van der Waals surface area contributed by atoms with Crippen molar-refractivity contribution >= 4 is 12.0 Å². The van der Waals surface area contributed by atoms with E-state index in [1.165, 1.54) is 20.8 Å². The topological polar surface area (TPSA) is 46.6 Å². The fourth-order valence-electron chi connectivity index (χ4n) is 2.97. The summed E-state index contributed by atoms with van der Waals surface area (Å²) in [6.45, 7) is 6.39. The van der Waals surface area contributed by atoms with Gasteiger partial charge in [0.05, 0.1) is 0 Å². The Balaban J connectivity index is 2.68. The maximum atomic E-state index is 15.0. The van der Waals surface area contributed by atoms with Crippen LogP contribution in [0.25, 0.3) is 0 Å². The van der Waals surface area contributed by atoms with Crippen LogP contribution < -0.4 is 0 Å². The maximum absolute atomic E-state index is 15.0. The Morgan fingerprint density at radius 2 is 1.85 bits per heavy atom. The summed E-state index contributed by atoms with van der Waals surface area (Å²) in [6.07, 6.45) is -4.42. The van der Waals surface area contributed by atoms with Gasteiger partial charge in [0.1, 0.15) is 17.3 Å². The van der Waals surface area contributed by atoms with Crippen molar-refractivity contribution in [3.8, 4) is 0 Å². The van der Waals surface area contributed by atoms with Crippen LogP contribution >= 0.6 is 0 Å². The normalized spacial score (nSPS) is 29.7. The van der Waals surface area contributed by atoms with Gasteiger partial charge in [-0.3, -0.25) is 4.79 Å². The highest BCUT2D eigenvalue weighted by atomic mass is 19.2. The molecule has 2 amide bonds. The first-order valence-corrected chi connectivity index (χ1v) is 8.07. The number of benzene rings is 1. The molecule has 1 aliphatic heterocycles. The first kappa shape index (κ1) is 20.2. The van der Waals surface area contributed by atoms with Crippen LogP contribution in [-0.2, 0) is 15.1 Å². The number of amides is 2. The largest absolute Gasteiger partial charge is 0.443 e. The number of imide groups is 1. The Morgan fingerprint density at radius 1 is 1.27 bits per heavy atom. The molecule has 1 fully saturated rings. The summed E-state index contributed by atoms with van der Waals surface area (Å²) in [7, 11) is 0. The zero-order valence-corrected chi connectivity index (χ0v) is 15.2. The van der Waals surface area contributed by atoms with Gasteiger partial charge >= 0.3 is 6.09 Å². The summed E-state index contributed by atoms with van der Waals surface area (Å²) in [5.41, 5.74) is -6.61. The lowest BCUT2D eigenvalue weighted by Gasteiger charge is -2.48. The number of alkyl halides is 2. The molecule has 1 saturated heterocycles. The van der Waals surface area contributed by atoms with Gasteiger partial charge in [-0.25, -0.2) is 27.3 Å². The van der Waals surface area contributed by atoms with Crippen LogP contribution in [0.2, 0.25) is 0 Å². The molecule has 8 heteroatoms. The van der Waals surface area contributed by atoms with Crippen LogP contribution in [0.3, 0.4) is 0 Å². The Bertz CT molecular complexity index is 744. The number of rotatable bonds is 1. The number of likely N-dealkylation sites (tertiary alicyclic amines) is 1. The molecule has 1 aromatic rings. The number of piperidine rings is 1. The third-order valence-corrected chi connectivity index (χ3v) is 4.36. The quantitative estimate of drug-likeness (QED) is 0.683. The van der Waals surface area contributed by atoms with Crippen LogP contribution in [0.4, 0.5) is 22.4 Å². The minimum absolute atomic E-state index is 0.226. The van der Waals surface area contributed by atoms with E-state index in [9.17, 15) is 22.8 Å². The van der Waals surface area contributed by atoms with Crippen LogP contribution in [0.1, 0.15) is 46.6 Å². The summed E-state index contributed by atoms with van der Waals surface area (Å²) < 4.78 is 62.8. The number of hydrogen-bond acceptors (Lipinski definition) is 3. The van der Waals surface area contributed by atoms with Crippen molar-refractivity contribution in [2.24, 2.45) is 0 Å². The Hall–Kier alpha value is -2.12. The number of hydrogen-bond donors (Lipinski definition) is 0. The van der Waals surface area contributed by atoms with Crippen molar-refractivity contribution in [1.82, 2.24) is 4.90 Å². The van der Waals surface area contributed by atoms with Crippen LogP contribution in [0.5, 0.6) is 0 Å². The fourth-order valence-corrected chi connectivity index (χ4v) is 2.97. The Labute approximate surface area is 149 Å². The van der Waals surface area contributed by atoms with Crippen molar-refractivity contribution in [1.29, 1.82) is 0 Å². The van der Waals surface area contributed by atoms with Gasteiger partial charge in [-0.2, -0.15) is 0 Å².